The summed E-state index contributed by atoms with van der Waals surface area (Å²) in [5, 5.41) is 5.56. The molecule has 23 heavy (non-hydrogen) atoms. The second-order valence-electron chi connectivity index (χ2n) is 5.06. The fourth-order valence-electron chi connectivity index (χ4n) is 2.01. The van der Waals surface area contributed by atoms with Gasteiger partial charge in [0.2, 0.25) is 0 Å². The van der Waals surface area contributed by atoms with Gasteiger partial charge in [0.1, 0.15) is 0 Å². The van der Waals surface area contributed by atoms with Gasteiger partial charge in [0.25, 0.3) is 11.8 Å². The van der Waals surface area contributed by atoms with Crippen LogP contribution >= 0.6 is 0 Å². The lowest BCUT2D eigenvalue weighted by Gasteiger charge is -2.10. The van der Waals surface area contributed by atoms with Gasteiger partial charge in [-0.05, 0) is 43.2 Å². The van der Waals surface area contributed by atoms with Crippen molar-refractivity contribution in [3.8, 4) is 0 Å². The van der Waals surface area contributed by atoms with Crippen LogP contribution in [0, 0.1) is 6.92 Å². The smallest absolute Gasteiger partial charge is 0.291 e. The van der Waals surface area contributed by atoms with Crippen molar-refractivity contribution in [3.63, 3.8) is 0 Å². The monoisotopic (exact) mass is 316 g/mol. The molecule has 1 heterocycles. The average molecular weight is 316 g/mol. The normalized spacial score (nSPS) is 10.3. The SMILES string of the molecule is COCCCNC(=O)c1ccc(C)c(NC(=O)c2ccco2)c1. The van der Waals surface area contributed by atoms with Gasteiger partial charge in [-0.2, -0.15) is 0 Å². The highest BCUT2D eigenvalue weighted by Crippen LogP contribution is 2.18. The number of carbonyl (C=O) groups excluding carboxylic acids is 2. The number of anilines is 1. The second kappa shape index (κ2) is 8.14. The Balaban J connectivity index is 2.03. The molecule has 0 fully saturated rings. The van der Waals surface area contributed by atoms with Gasteiger partial charge >= 0.3 is 0 Å². The molecule has 0 bridgehead atoms. The minimum absolute atomic E-state index is 0.186. The molecule has 6 nitrogen and oxygen atoms in total. The number of hydrogen-bond acceptors (Lipinski definition) is 4. The summed E-state index contributed by atoms with van der Waals surface area (Å²) < 4.78 is 9.99. The Bertz CT molecular complexity index is 665. The standard InChI is InChI=1S/C17H20N2O4/c1-12-6-7-13(16(20)18-8-4-9-22-2)11-14(12)19-17(21)15-5-3-10-23-15/h3,5-7,10-11H,4,8-9H2,1-2H3,(H,18,20)(H,19,21). The molecule has 2 rings (SSSR count). The van der Waals surface area contributed by atoms with Gasteiger partial charge in [-0.25, -0.2) is 0 Å². The molecule has 0 saturated carbocycles. The van der Waals surface area contributed by atoms with E-state index >= 15 is 0 Å². The summed E-state index contributed by atoms with van der Waals surface area (Å²) in [5.41, 5.74) is 1.93. The minimum atomic E-state index is -0.351. The van der Waals surface area contributed by atoms with Crippen LogP contribution in [-0.4, -0.2) is 32.1 Å². The summed E-state index contributed by atoms with van der Waals surface area (Å²) in [4.78, 5) is 24.1. The van der Waals surface area contributed by atoms with Crippen molar-refractivity contribution in [3.05, 3.63) is 53.5 Å². The first-order valence-corrected chi connectivity index (χ1v) is 7.34. The third kappa shape index (κ3) is 4.69. The predicted octanol–water partition coefficient (Wildman–Crippen LogP) is 2.61. The number of amides is 2. The van der Waals surface area contributed by atoms with Gasteiger partial charge in [-0.15, -0.1) is 0 Å². The van der Waals surface area contributed by atoms with Gasteiger partial charge < -0.3 is 19.8 Å². The van der Waals surface area contributed by atoms with Crippen LogP contribution in [0.3, 0.4) is 0 Å². The zero-order valence-corrected chi connectivity index (χ0v) is 13.2. The first-order valence-electron chi connectivity index (χ1n) is 7.34. The Kier molecular flexibility index (Phi) is 5.94. The van der Waals surface area contributed by atoms with Crippen molar-refractivity contribution in [2.24, 2.45) is 0 Å². The number of hydrogen-bond donors (Lipinski definition) is 2. The maximum absolute atomic E-state index is 12.1. The van der Waals surface area contributed by atoms with Gasteiger partial charge in [0.15, 0.2) is 5.76 Å². The van der Waals surface area contributed by atoms with Crippen molar-refractivity contribution in [1.29, 1.82) is 0 Å². The number of nitrogens with one attached hydrogen (secondary N) is 2. The highest BCUT2D eigenvalue weighted by atomic mass is 16.5. The Morgan fingerprint density at radius 3 is 2.74 bits per heavy atom. The van der Waals surface area contributed by atoms with Crippen LogP contribution in [0.2, 0.25) is 0 Å². The summed E-state index contributed by atoms with van der Waals surface area (Å²) in [5.74, 6) is -0.316. The summed E-state index contributed by atoms with van der Waals surface area (Å²) in [7, 11) is 1.62. The van der Waals surface area contributed by atoms with Crippen LogP contribution < -0.4 is 10.6 Å². The second-order valence-corrected chi connectivity index (χ2v) is 5.06. The maximum atomic E-state index is 12.1. The van der Waals surface area contributed by atoms with E-state index in [0.717, 1.165) is 12.0 Å². The first-order chi connectivity index (χ1) is 11.1. The fourth-order valence-corrected chi connectivity index (χ4v) is 2.01. The lowest BCUT2D eigenvalue weighted by Crippen LogP contribution is -2.25. The van der Waals surface area contributed by atoms with Crippen molar-refractivity contribution in [1.82, 2.24) is 5.32 Å². The van der Waals surface area contributed by atoms with Crippen molar-refractivity contribution in [2.45, 2.75) is 13.3 Å². The summed E-state index contributed by atoms with van der Waals surface area (Å²) in [6, 6.07) is 8.40. The first kappa shape index (κ1) is 16.8. The molecule has 0 atom stereocenters. The third-order valence-electron chi connectivity index (χ3n) is 3.30. The number of methoxy groups -OCH3 is 1. The molecule has 0 aliphatic heterocycles. The molecule has 0 spiro atoms. The molecule has 2 N–H and O–H groups in total. The van der Waals surface area contributed by atoms with Crippen LogP contribution in [0.25, 0.3) is 0 Å². The van der Waals surface area contributed by atoms with Crippen molar-refractivity contribution < 1.29 is 18.7 Å². The Labute approximate surface area is 134 Å². The predicted molar refractivity (Wildman–Crippen MR) is 86.7 cm³/mol. The lowest BCUT2D eigenvalue weighted by molar-refractivity contribution is 0.0946. The van der Waals surface area contributed by atoms with Crippen LogP contribution in [0.4, 0.5) is 5.69 Å². The number of aryl methyl sites for hydroxylation is 1. The highest BCUT2D eigenvalue weighted by Gasteiger charge is 2.12. The Morgan fingerprint density at radius 2 is 2.04 bits per heavy atom. The van der Waals surface area contributed by atoms with Crippen LogP contribution in [0.15, 0.2) is 41.0 Å². The molecular weight excluding hydrogens is 296 g/mol. The highest BCUT2D eigenvalue weighted by molar-refractivity contribution is 6.03. The lowest BCUT2D eigenvalue weighted by atomic mass is 10.1. The fraction of sp³-hybridized carbons (Fsp3) is 0.294. The number of carbonyl (C=O) groups is 2. The number of benzene rings is 1. The third-order valence-corrected chi connectivity index (χ3v) is 3.30. The molecule has 1 aromatic carbocycles. The quantitative estimate of drug-likeness (QED) is 0.769. The van der Waals surface area contributed by atoms with Gasteiger partial charge in [-0.1, -0.05) is 6.07 Å². The summed E-state index contributed by atoms with van der Waals surface area (Å²) in [6.45, 7) is 2.99. The van der Waals surface area contributed by atoms with E-state index in [-0.39, 0.29) is 17.6 Å². The van der Waals surface area contributed by atoms with Gasteiger partial charge in [0.05, 0.1) is 6.26 Å². The van der Waals surface area contributed by atoms with E-state index < -0.39 is 0 Å². The van der Waals surface area contributed by atoms with Crippen LogP contribution in [0.5, 0.6) is 0 Å². The van der Waals surface area contributed by atoms with E-state index in [1.807, 2.05) is 6.92 Å². The molecule has 1 aromatic heterocycles. The molecule has 0 radical (unpaired) electrons. The van der Waals surface area contributed by atoms with E-state index in [2.05, 4.69) is 10.6 Å². The topological polar surface area (TPSA) is 80.6 Å². The van der Waals surface area contributed by atoms with Crippen LogP contribution in [0.1, 0.15) is 32.9 Å². The van der Waals surface area contributed by atoms with E-state index in [1.54, 1.807) is 37.4 Å². The zero-order valence-electron chi connectivity index (χ0n) is 13.2. The van der Waals surface area contributed by atoms with Crippen molar-refractivity contribution in [2.75, 3.05) is 25.6 Å². The van der Waals surface area contributed by atoms with Crippen LogP contribution in [-0.2, 0) is 4.74 Å². The molecule has 0 saturated heterocycles. The Morgan fingerprint density at radius 1 is 1.22 bits per heavy atom. The van der Waals surface area contributed by atoms with E-state index in [0.29, 0.717) is 24.4 Å². The minimum Gasteiger partial charge on any atom is -0.459 e. The van der Waals surface area contributed by atoms with Crippen molar-refractivity contribution >= 4 is 17.5 Å². The van der Waals surface area contributed by atoms with Gasteiger partial charge in [0, 0.05) is 31.5 Å². The molecule has 2 aromatic rings. The van der Waals surface area contributed by atoms with E-state index in [1.165, 1.54) is 6.26 Å². The molecule has 122 valence electrons. The average Bonchev–Trinajstić information content (AvgIpc) is 3.08. The molecule has 6 heteroatoms. The number of ether oxygens (including phenoxy) is 1. The van der Waals surface area contributed by atoms with E-state index in [4.69, 9.17) is 9.15 Å². The molecule has 2 amide bonds. The van der Waals surface area contributed by atoms with Gasteiger partial charge in [-0.3, -0.25) is 9.59 Å². The zero-order chi connectivity index (χ0) is 16.7. The molecular formula is C17H20N2O4. The largest absolute Gasteiger partial charge is 0.459 e. The maximum Gasteiger partial charge on any atom is 0.291 e. The molecule has 0 unspecified atom stereocenters. The molecule has 0 aliphatic carbocycles. The number of furan rings is 1. The number of rotatable bonds is 7. The molecule has 0 aliphatic rings. The Hall–Kier alpha value is -2.60. The summed E-state index contributed by atoms with van der Waals surface area (Å²) in [6.07, 6.45) is 2.18. The summed E-state index contributed by atoms with van der Waals surface area (Å²) >= 11 is 0. The van der Waals surface area contributed by atoms with E-state index in [9.17, 15) is 9.59 Å².